The molecule has 0 radical (unpaired) electrons. The number of rotatable bonds is 3. The first-order chi connectivity index (χ1) is 10.1. The van der Waals surface area contributed by atoms with Crippen molar-refractivity contribution < 1.29 is 13.5 Å². The highest BCUT2D eigenvalue weighted by Gasteiger charge is 2.05. The molecule has 0 aliphatic rings. The Morgan fingerprint density at radius 2 is 1.57 bits per heavy atom. The van der Waals surface area contributed by atoms with Crippen molar-refractivity contribution in [1.29, 1.82) is 0 Å². The number of hydrogen-bond donors (Lipinski definition) is 1. The number of nitrogen functional groups attached to an aromatic ring is 1. The van der Waals surface area contributed by atoms with Crippen LogP contribution in [0.5, 0.6) is 11.5 Å². The van der Waals surface area contributed by atoms with E-state index in [2.05, 4.69) is 0 Å². The molecule has 3 aromatic carbocycles. The van der Waals surface area contributed by atoms with Crippen LogP contribution in [0.25, 0.3) is 10.8 Å². The SMILES string of the molecule is Nc1cccc2c(Oc3ccc(S(=O)[O-])cc3)cccc12. The number of ether oxygens (including phenoxy) is 1. The van der Waals surface area contributed by atoms with E-state index in [9.17, 15) is 8.76 Å². The zero-order chi connectivity index (χ0) is 14.8. The standard InChI is InChI=1S/C16H13NO3S/c17-15-5-1-4-14-13(15)3-2-6-16(14)20-11-7-9-12(10-8-11)21(18)19/h1-10H,17H2,(H,18,19)/p-1. The van der Waals surface area contributed by atoms with Crippen molar-refractivity contribution in [1.82, 2.24) is 0 Å². The van der Waals surface area contributed by atoms with Crippen LogP contribution in [-0.4, -0.2) is 8.76 Å². The summed E-state index contributed by atoms with van der Waals surface area (Å²) >= 11 is -2.23. The van der Waals surface area contributed by atoms with Crippen molar-refractivity contribution in [3.05, 3.63) is 60.7 Å². The van der Waals surface area contributed by atoms with Crippen molar-refractivity contribution in [3.63, 3.8) is 0 Å². The van der Waals surface area contributed by atoms with Gasteiger partial charge < -0.3 is 15.0 Å². The quantitative estimate of drug-likeness (QED) is 0.593. The highest BCUT2D eigenvalue weighted by atomic mass is 32.2. The molecule has 106 valence electrons. The summed E-state index contributed by atoms with van der Waals surface area (Å²) in [4.78, 5) is 0.226. The summed E-state index contributed by atoms with van der Waals surface area (Å²) in [5.74, 6) is 1.25. The summed E-state index contributed by atoms with van der Waals surface area (Å²) in [5, 5.41) is 1.83. The number of fused-ring (bicyclic) bond motifs is 1. The average Bonchev–Trinajstić information content (AvgIpc) is 2.49. The molecule has 0 spiro atoms. The van der Waals surface area contributed by atoms with E-state index >= 15 is 0 Å². The third-order valence-corrected chi connectivity index (χ3v) is 3.82. The molecule has 21 heavy (non-hydrogen) atoms. The molecule has 0 saturated carbocycles. The second-order valence-electron chi connectivity index (χ2n) is 4.51. The maximum absolute atomic E-state index is 10.8. The lowest BCUT2D eigenvalue weighted by Crippen LogP contribution is -1.91. The number of anilines is 1. The molecule has 0 aliphatic carbocycles. The van der Waals surface area contributed by atoms with Gasteiger partial charge in [0.15, 0.2) is 0 Å². The summed E-state index contributed by atoms with van der Waals surface area (Å²) in [6, 6.07) is 17.5. The summed E-state index contributed by atoms with van der Waals surface area (Å²) in [5.41, 5.74) is 6.64. The van der Waals surface area contributed by atoms with Gasteiger partial charge in [-0.2, -0.15) is 0 Å². The van der Waals surface area contributed by atoms with Gasteiger partial charge in [0.1, 0.15) is 11.5 Å². The second-order valence-corrected chi connectivity index (χ2v) is 5.45. The minimum Gasteiger partial charge on any atom is -0.768 e. The molecule has 1 unspecified atom stereocenters. The predicted molar refractivity (Wildman–Crippen MR) is 82.1 cm³/mol. The van der Waals surface area contributed by atoms with Gasteiger partial charge in [-0.1, -0.05) is 24.3 Å². The topological polar surface area (TPSA) is 75.4 Å². The van der Waals surface area contributed by atoms with Gasteiger partial charge in [0.05, 0.1) is 0 Å². The Bertz CT molecular complexity index is 815. The number of hydrogen-bond acceptors (Lipinski definition) is 4. The van der Waals surface area contributed by atoms with Gasteiger partial charge in [0, 0.05) is 21.4 Å². The number of nitrogens with two attached hydrogens (primary N) is 1. The summed E-state index contributed by atoms with van der Waals surface area (Å²) in [6.07, 6.45) is 0. The Kier molecular flexibility index (Phi) is 3.60. The predicted octanol–water partition coefficient (Wildman–Crippen LogP) is 3.45. The smallest absolute Gasteiger partial charge is 0.135 e. The first-order valence-electron chi connectivity index (χ1n) is 6.29. The van der Waals surface area contributed by atoms with Crippen molar-refractivity contribution in [2.24, 2.45) is 0 Å². The maximum Gasteiger partial charge on any atom is 0.135 e. The Balaban J connectivity index is 1.98. The molecule has 0 aliphatic heterocycles. The highest BCUT2D eigenvalue weighted by Crippen LogP contribution is 2.32. The molecular formula is C16H12NO3S-. The minimum absolute atomic E-state index is 0.226. The molecular weight excluding hydrogens is 286 g/mol. The third-order valence-electron chi connectivity index (χ3n) is 3.16. The first-order valence-corrected chi connectivity index (χ1v) is 7.37. The lowest BCUT2D eigenvalue weighted by Gasteiger charge is -2.11. The molecule has 0 amide bonds. The van der Waals surface area contributed by atoms with Crippen molar-refractivity contribution in [3.8, 4) is 11.5 Å². The molecule has 0 bridgehead atoms. The first kappa shape index (κ1) is 13.6. The van der Waals surface area contributed by atoms with Crippen LogP contribution in [-0.2, 0) is 11.1 Å². The van der Waals surface area contributed by atoms with Crippen LogP contribution < -0.4 is 10.5 Å². The van der Waals surface area contributed by atoms with E-state index in [0.29, 0.717) is 17.2 Å². The molecule has 1 atom stereocenters. The zero-order valence-electron chi connectivity index (χ0n) is 11.0. The van der Waals surface area contributed by atoms with Crippen molar-refractivity contribution in [2.45, 2.75) is 4.90 Å². The third kappa shape index (κ3) is 2.74. The van der Waals surface area contributed by atoms with E-state index < -0.39 is 11.1 Å². The Morgan fingerprint density at radius 3 is 2.29 bits per heavy atom. The largest absolute Gasteiger partial charge is 0.768 e. The van der Waals surface area contributed by atoms with Gasteiger partial charge in [-0.05, 0) is 47.5 Å². The second kappa shape index (κ2) is 5.55. The summed E-state index contributed by atoms with van der Waals surface area (Å²) in [6.45, 7) is 0. The van der Waals surface area contributed by atoms with Gasteiger partial charge in [-0.25, -0.2) is 0 Å². The fourth-order valence-corrected chi connectivity index (χ4v) is 2.50. The fourth-order valence-electron chi connectivity index (χ4n) is 2.14. The van der Waals surface area contributed by atoms with Gasteiger partial charge in [0.25, 0.3) is 0 Å². The molecule has 3 aromatic rings. The van der Waals surface area contributed by atoms with E-state index in [1.165, 1.54) is 12.1 Å². The molecule has 5 heteroatoms. The van der Waals surface area contributed by atoms with E-state index in [1.807, 2.05) is 36.4 Å². The Morgan fingerprint density at radius 1 is 0.905 bits per heavy atom. The number of benzene rings is 3. The van der Waals surface area contributed by atoms with E-state index in [4.69, 9.17) is 10.5 Å². The zero-order valence-corrected chi connectivity index (χ0v) is 11.8. The van der Waals surface area contributed by atoms with Crippen LogP contribution in [0.2, 0.25) is 0 Å². The van der Waals surface area contributed by atoms with Crippen molar-refractivity contribution >= 4 is 27.5 Å². The molecule has 0 aromatic heterocycles. The molecule has 0 fully saturated rings. The molecule has 0 saturated heterocycles. The average molecular weight is 298 g/mol. The Labute approximate surface area is 124 Å². The van der Waals surface area contributed by atoms with Gasteiger partial charge in [0.2, 0.25) is 0 Å². The minimum atomic E-state index is -2.23. The van der Waals surface area contributed by atoms with Crippen LogP contribution in [0.3, 0.4) is 0 Å². The van der Waals surface area contributed by atoms with Crippen LogP contribution >= 0.6 is 0 Å². The summed E-state index contributed by atoms with van der Waals surface area (Å²) in [7, 11) is 0. The lowest BCUT2D eigenvalue weighted by atomic mass is 10.1. The molecule has 2 N–H and O–H groups in total. The maximum atomic E-state index is 10.8. The molecule has 4 nitrogen and oxygen atoms in total. The highest BCUT2D eigenvalue weighted by molar-refractivity contribution is 7.79. The van der Waals surface area contributed by atoms with Crippen molar-refractivity contribution in [2.75, 3.05) is 5.73 Å². The van der Waals surface area contributed by atoms with Crippen LogP contribution in [0.1, 0.15) is 0 Å². The van der Waals surface area contributed by atoms with E-state index in [0.717, 1.165) is 10.8 Å². The normalized spacial score (nSPS) is 12.2. The van der Waals surface area contributed by atoms with Gasteiger partial charge in [-0.15, -0.1) is 0 Å². The van der Waals surface area contributed by atoms with Gasteiger partial charge in [-0.3, -0.25) is 4.21 Å². The van der Waals surface area contributed by atoms with Crippen LogP contribution in [0, 0.1) is 0 Å². The lowest BCUT2D eigenvalue weighted by molar-refractivity contribution is 0.487. The van der Waals surface area contributed by atoms with E-state index in [1.54, 1.807) is 12.1 Å². The van der Waals surface area contributed by atoms with Gasteiger partial charge >= 0.3 is 0 Å². The molecule has 0 heterocycles. The summed E-state index contributed by atoms with van der Waals surface area (Å²) < 4.78 is 27.5. The van der Waals surface area contributed by atoms with Crippen LogP contribution in [0.4, 0.5) is 5.69 Å². The molecule has 3 rings (SSSR count). The Hall–Kier alpha value is -2.37. The van der Waals surface area contributed by atoms with E-state index in [-0.39, 0.29) is 4.90 Å². The fraction of sp³-hybridized carbons (Fsp3) is 0. The monoisotopic (exact) mass is 298 g/mol. The van der Waals surface area contributed by atoms with Crippen LogP contribution in [0.15, 0.2) is 65.6 Å².